The van der Waals surface area contributed by atoms with Gasteiger partial charge >= 0.3 is 0 Å². The molecule has 1 aromatic carbocycles. The molecule has 0 bridgehead atoms. The molecule has 1 rings (SSSR count). The minimum atomic E-state index is -0.810. The van der Waals surface area contributed by atoms with Crippen LogP contribution >= 0.6 is 11.6 Å². The number of nitrogens with zero attached hydrogens (tertiary/aromatic N) is 1. The highest BCUT2D eigenvalue weighted by Gasteiger charge is 2.34. The highest BCUT2D eigenvalue weighted by molar-refractivity contribution is 6.30. The third kappa shape index (κ3) is 3.44. The van der Waals surface area contributed by atoms with Gasteiger partial charge in [-0.25, -0.2) is 0 Å². The lowest BCUT2D eigenvalue weighted by Gasteiger charge is -2.35. The molecule has 0 aliphatic carbocycles. The summed E-state index contributed by atoms with van der Waals surface area (Å²) in [6.07, 6.45) is 0.683. The second-order valence-electron chi connectivity index (χ2n) is 4.95. The molecule has 0 amide bonds. The van der Waals surface area contributed by atoms with Crippen molar-refractivity contribution in [3.63, 3.8) is 0 Å². The van der Waals surface area contributed by atoms with Crippen molar-refractivity contribution < 1.29 is 5.11 Å². The van der Waals surface area contributed by atoms with Crippen molar-refractivity contribution in [1.82, 2.24) is 4.90 Å². The largest absolute Gasteiger partial charge is 0.385 e. The van der Waals surface area contributed by atoms with Crippen molar-refractivity contribution in [3.05, 3.63) is 34.9 Å². The van der Waals surface area contributed by atoms with Gasteiger partial charge in [0.2, 0.25) is 0 Å². The molecule has 2 atom stereocenters. The number of rotatable bonds is 5. The first-order valence-electron chi connectivity index (χ1n) is 6.03. The molecule has 0 saturated carbocycles. The van der Waals surface area contributed by atoms with Crippen LogP contribution in [0.4, 0.5) is 0 Å². The number of aliphatic hydroxyl groups is 1. The van der Waals surface area contributed by atoms with Gasteiger partial charge < -0.3 is 10.0 Å². The predicted octanol–water partition coefficient (Wildman–Crippen LogP) is 3.14. The molecule has 2 nitrogen and oxygen atoms in total. The first-order valence-corrected chi connectivity index (χ1v) is 6.41. The van der Waals surface area contributed by atoms with Gasteiger partial charge in [0.15, 0.2) is 0 Å². The van der Waals surface area contributed by atoms with E-state index in [0.717, 1.165) is 12.1 Å². The van der Waals surface area contributed by atoms with Crippen molar-refractivity contribution in [2.24, 2.45) is 5.92 Å². The quantitative estimate of drug-likeness (QED) is 0.874. The van der Waals surface area contributed by atoms with Gasteiger partial charge in [-0.05, 0) is 38.2 Å². The van der Waals surface area contributed by atoms with Crippen LogP contribution in [-0.2, 0) is 5.60 Å². The molecule has 0 unspecified atom stereocenters. The Morgan fingerprint density at radius 1 is 1.41 bits per heavy atom. The Morgan fingerprint density at radius 3 is 2.53 bits per heavy atom. The van der Waals surface area contributed by atoms with Gasteiger partial charge in [0, 0.05) is 17.5 Å². The monoisotopic (exact) mass is 255 g/mol. The zero-order valence-electron chi connectivity index (χ0n) is 11.1. The molecular weight excluding hydrogens is 234 g/mol. The van der Waals surface area contributed by atoms with Gasteiger partial charge in [-0.1, -0.05) is 37.6 Å². The molecule has 0 aliphatic rings. The minimum Gasteiger partial charge on any atom is -0.385 e. The van der Waals surface area contributed by atoms with E-state index in [4.69, 9.17) is 11.6 Å². The Kier molecular flexibility index (Phi) is 4.99. The Labute approximate surface area is 109 Å². The summed E-state index contributed by atoms with van der Waals surface area (Å²) >= 11 is 6.00. The molecular formula is C14H22ClNO. The predicted molar refractivity (Wildman–Crippen MR) is 73.4 cm³/mol. The second-order valence-corrected chi connectivity index (χ2v) is 5.39. The Morgan fingerprint density at radius 2 is 2.06 bits per heavy atom. The van der Waals surface area contributed by atoms with E-state index in [2.05, 4.69) is 11.8 Å². The van der Waals surface area contributed by atoms with Gasteiger partial charge in [-0.3, -0.25) is 0 Å². The van der Waals surface area contributed by atoms with E-state index in [1.807, 2.05) is 45.3 Å². The third-order valence-electron chi connectivity index (χ3n) is 3.32. The molecule has 0 fully saturated rings. The number of hydrogen-bond donors (Lipinski definition) is 1. The van der Waals surface area contributed by atoms with Crippen molar-refractivity contribution in [2.75, 3.05) is 20.6 Å². The van der Waals surface area contributed by atoms with Crippen LogP contribution in [0.25, 0.3) is 0 Å². The van der Waals surface area contributed by atoms with E-state index in [1.54, 1.807) is 0 Å². The van der Waals surface area contributed by atoms with Crippen LogP contribution in [0.2, 0.25) is 5.02 Å². The lowest BCUT2D eigenvalue weighted by molar-refractivity contribution is -0.0291. The molecule has 3 heteroatoms. The second kappa shape index (κ2) is 5.85. The summed E-state index contributed by atoms with van der Waals surface area (Å²) in [7, 11) is 4.04. The molecule has 0 heterocycles. The highest BCUT2D eigenvalue weighted by atomic mass is 35.5. The Bertz CT molecular complexity index is 367. The maximum absolute atomic E-state index is 10.8. The average Bonchev–Trinajstić information content (AvgIpc) is 2.27. The molecule has 0 saturated heterocycles. The molecule has 0 radical (unpaired) electrons. The van der Waals surface area contributed by atoms with Gasteiger partial charge in [-0.15, -0.1) is 0 Å². The Hall–Kier alpha value is -0.570. The van der Waals surface area contributed by atoms with E-state index in [9.17, 15) is 5.11 Å². The first kappa shape index (κ1) is 14.5. The number of benzene rings is 1. The molecule has 0 aromatic heterocycles. The van der Waals surface area contributed by atoms with Crippen LogP contribution in [0, 0.1) is 5.92 Å². The maximum atomic E-state index is 10.8. The van der Waals surface area contributed by atoms with E-state index >= 15 is 0 Å². The fraction of sp³-hybridized carbons (Fsp3) is 0.571. The van der Waals surface area contributed by atoms with Gasteiger partial charge in [-0.2, -0.15) is 0 Å². The van der Waals surface area contributed by atoms with Crippen molar-refractivity contribution >= 4 is 11.6 Å². The van der Waals surface area contributed by atoms with Crippen LogP contribution in [0.3, 0.4) is 0 Å². The zero-order valence-corrected chi connectivity index (χ0v) is 11.8. The summed E-state index contributed by atoms with van der Waals surface area (Å²) in [5.74, 6) is 0.154. The molecule has 17 heavy (non-hydrogen) atoms. The van der Waals surface area contributed by atoms with Crippen LogP contribution in [0.15, 0.2) is 24.3 Å². The lowest BCUT2D eigenvalue weighted by Crippen LogP contribution is -2.38. The maximum Gasteiger partial charge on any atom is 0.0932 e. The van der Waals surface area contributed by atoms with Crippen LogP contribution in [0.5, 0.6) is 0 Å². The first-order chi connectivity index (χ1) is 7.90. The summed E-state index contributed by atoms with van der Waals surface area (Å²) in [5.41, 5.74) is 0.0941. The van der Waals surface area contributed by atoms with Crippen LogP contribution < -0.4 is 0 Å². The zero-order chi connectivity index (χ0) is 13.1. The van der Waals surface area contributed by atoms with Crippen molar-refractivity contribution in [3.8, 4) is 0 Å². The van der Waals surface area contributed by atoms with Crippen molar-refractivity contribution in [1.29, 1.82) is 0 Å². The SMILES string of the molecule is CC[C@](O)(c1cccc(Cl)c1)[C@H](C)CN(C)C. The summed E-state index contributed by atoms with van der Waals surface area (Å²) in [4.78, 5) is 2.09. The third-order valence-corrected chi connectivity index (χ3v) is 3.55. The number of hydrogen-bond acceptors (Lipinski definition) is 2. The summed E-state index contributed by atoms with van der Waals surface area (Å²) in [5, 5.41) is 11.5. The summed E-state index contributed by atoms with van der Waals surface area (Å²) < 4.78 is 0. The standard InChI is InChI=1S/C14H22ClNO/c1-5-14(17,11(2)10-16(3)4)12-7-6-8-13(15)9-12/h6-9,11,17H,5,10H2,1-4H3/t11-,14-/m1/s1. The molecule has 0 spiro atoms. The molecule has 0 aliphatic heterocycles. The summed E-state index contributed by atoms with van der Waals surface area (Å²) in [6, 6.07) is 7.52. The van der Waals surface area contributed by atoms with E-state index in [-0.39, 0.29) is 5.92 Å². The van der Waals surface area contributed by atoms with E-state index < -0.39 is 5.60 Å². The lowest BCUT2D eigenvalue weighted by atomic mass is 9.80. The smallest absolute Gasteiger partial charge is 0.0932 e. The fourth-order valence-electron chi connectivity index (χ4n) is 2.29. The topological polar surface area (TPSA) is 23.5 Å². The molecule has 1 N–H and O–H groups in total. The van der Waals surface area contributed by atoms with E-state index in [0.29, 0.717) is 11.4 Å². The fourth-order valence-corrected chi connectivity index (χ4v) is 2.48. The Balaban J connectivity index is 3.02. The highest BCUT2D eigenvalue weighted by Crippen LogP contribution is 2.34. The van der Waals surface area contributed by atoms with E-state index in [1.165, 1.54) is 0 Å². The average molecular weight is 256 g/mol. The van der Waals surface area contributed by atoms with Gasteiger partial charge in [0.1, 0.15) is 0 Å². The van der Waals surface area contributed by atoms with Crippen molar-refractivity contribution in [2.45, 2.75) is 25.9 Å². The van der Waals surface area contributed by atoms with Gasteiger partial charge in [0.25, 0.3) is 0 Å². The minimum absolute atomic E-state index is 0.154. The van der Waals surface area contributed by atoms with Gasteiger partial charge in [0.05, 0.1) is 5.60 Å². The number of halogens is 1. The molecule has 96 valence electrons. The normalized spacial score (nSPS) is 16.9. The summed E-state index contributed by atoms with van der Waals surface area (Å²) in [6.45, 7) is 4.92. The molecule has 1 aromatic rings. The van der Waals surface area contributed by atoms with Crippen LogP contribution in [-0.4, -0.2) is 30.6 Å². The van der Waals surface area contributed by atoms with Crippen LogP contribution in [0.1, 0.15) is 25.8 Å².